The van der Waals surface area contributed by atoms with Crippen molar-refractivity contribution < 1.29 is 26.7 Å². The molecule has 3 rings (SSSR count). The van der Waals surface area contributed by atoms with Crippen LogP contribution in [0.3, 0.4) is 0 Å². The van der Waals surface area contributed by atoms with Crippen LogP contribution in [-0.4, -0.2) is 20.4 Å². The van der Waals surface area contributed by atoms with Crippen molar-refractivity contribution in [3.63, 3.8) is 0 Å². The molecule has 0 aliphatic heterocycles. The number of fused-ring (bicyclic) bond motifs is 1. The molecule has 6 nitrogen and oxygen atoms in total. The van der Waals surface area contributed by atoms with Crippen molar-refractivity contribution in [3.05, 3.63) is 72.3 Å². The first kappa shape index (κ1) is 19.7. The van der Waals surface area contributed by atoms with Gasteiger partial charge >= 0.3 is 0 Å². The van der Waals surface area contributed by atoms with Crippen LogP contribution < -0.4 is 15.0 Å². The molecule has 0 unspecified atom stereocenters. The third-order valence-electron chi connectivity index (χ3n) is 3.86. The van der Waals surface area contributed by atoms with Gasteiger partial charge in [-0.25, -0.2) is 17.2 Å². The highest BCUT2D eigenvalue weighted by atomic mass is 32.2. The molecule has 0 fully saturated rings. The zero-order chi connectivity index (χ0) is 20.3. The Morgan fingerprint density at radius 3 is 2.29 bits per heavy atom. The predicted octanol–water partition coefficient (Wildman–Crippen LogP) is 2.90. The summed E-state index contributed by atoms with van der Waals surface area (Å²) in [5.74, 6) is -2.47. The SMILES string of the molecule is C[C@@H](Oc1ccc2ccccc2c1)C(=O)NNS(=O)(=O)c1cc(F)cc(F)c1. The molecule has 0 aliphatic carbocycles. The summed E-state index contributed by atoms with van der Waals surface area (Å²) in [5.41, 5.74) is 1.97. The van der Waals surface area contributed by atoms with Crippen LogP contribution in [0.5, 0.6) is 5.75 Å². The Balaban J connectivity index is 1.64. The fraction of sp³-hybridized carbons (Fsp3) is 0.105. The Morgan fingerprint density at radius 1 is 0.964 bits per heavy atom. The van der Waals surface area contributed by atoms with Crippen LogP contribution in [0.1, 0.15) is 6.92 Å². The van der Waals surface area contributed by atoms with E-state index in [0.29, 0.717) is 23.9 Å². The molecule has 0 radical (unpaired) electrons. The topological polar surface area (TPSA) is 84.5 Å². The molecular weight excluding hydrogens is 390 g/mol. The van der Waals surface area contributed by atoms with E-state index in [-0.39, 0.29) is 0 Å². The summed E-state index contributed by atoms with van der Waals surface area (Å²) >= 11 is 0. The van der Waals surface area contributed by atoms with Crippen molar-refractivity contribution in [2.45, 2.75) is 17.9 Å². The van der Waals surface area contributed by atoms with Gasteiger partial charge in [0.2, 0.25) is 0 Å². The van der Waals surface area contributed by atoms with E-state index in [2.05, 4.69) is 0 Å². The molecule has 0 heterocycles. The molecule has 0 bridgehead atoms. The Bertz CT molecular complexity index is 1120. The number of hydrogen-bond acceptors (Lipinski definition) is 4. The zero-order valence-electron chi connectivity index (χ0n) is 14.6. The van der Waals surface area contributed by atoms with Crippen molar-refractivity contribution in [2.24, 2.45) is 0 Å². The van der Waals surface area contributed by atoms with Gasteiger partial charge in [0.25, 0.3) is 15.9 Å². The predicted molar refractivity (Wildman–Crippen MR) is 98.9 cm³/mol. The van der Waals surface area contributed by atoms with Crippen LogP contribution in [0.4, 0.5) is 8.78 Å². The first-order valence-corrected chi connectivity index (χ1v) is 9.66. The molecule has 9 heteroatoms. The van der Waals surface area contributed by atoms with Gasteiger partial charge in [-0.1, -0.05) is 30.3 Å². The molecule has 1 atom stereocenters. The van der Waals surface area contributed by atoms with E-state index in [4.69, 9.17) is 4.74 Å². The number of benzene rings is 3. The van der Waals surface area contributed by atoms with Gasteiger partial charge in [-0.15, -0.1) is 4.83 Å². The number of nitrogens with one attached hydrogen (secondary N) is 2. The molecule has 3 aromatic carbocycles. The van der Waals surface area contributed by atoms with E-state index >= 15 is 0 Å². The largest absolute Gasteiger partial charge is 0.481 e. The molecule has 0 spiro atoms. The number of sulfonamides is 1. The second kappa shape index (κ2) is 7.91. The normalized spacial score (nSPS) is 12.5. The Morgan fingerprint density at radius 2 is 1.61 bits per heavy atom. The minimum absolute atomic E-state index is 0.427. The molecular formula is C19H16F2N2O4S. The molecule has 0 aromatic heterocycles. The summed E-state index contributed by atoms with van der Waals surface area (Å²) in [7, 11) is -4.35. The Labute approximate surface area is 160 Å². The highest BCUT2D eigenvalue weighted by Crippen LogP contribution is 2.21. The van der Waals surface area contributed by atoms with Crippen molar-refractivity contribution >= 4 is 26.7 Å². The lowest BCUT2D eigenvalue weighted by Crippen LogP contribution is -2.47. The zero-order valence-corrected chi connectivity index (χ0v) is 15.5. The molecule has 2 N–H and O–H groups in total. The van der Waals surface area contributed by atoms with Crippen molar-refractivity contribution in [2.75, 3.05) is 0 Å². The number of halogens is 2. The molecule has 146 valence electrons. The molecule has 0 saturated carbocycles. The van der Waals surface area contributed by atoms with Gasteiger partial charge in [0.1, 0.15) is 17.4 Å². The summed E-state index contributed by atoms with van der Waals surface area (Å²) in [5, 5.41) is 1.92. The number of carbonyl (C=O) groups is 1. The fourth-order valence-corrected chi connectivity index (χ4v) is 3.35. The van der Waals surface area contributed by atoms with Crippen LogP contribution in [0.25, 0.3) is 10.8 Å². The quantitative estimate of drug-likeness (QED) is 0.617. The number of amides is 1. The lowest BCUT2D eigenvalue weighted by Gasteiger charge is -2.15. The van der Waals surface area contributed by atoms with Crippen LogP contribution in [-0.2, 0) is 14.8 Å². The van der Waals surface area contributed by atoms with Gasteiger partial charge in [-0.3, -0.25) is 10.2 Å². The minimum atomic E-state index is -4.35. The smallest absolute Gasteiger partial charge is 0.275 e. The molecule has 28 heavy (non-hydrogen) atoms. The minimum Gasteiger partial charge on any atom is -0.481 e. The van der Waals surface area contributed by atoms with Gasteiger partial charge in [-0.2, -0.15) is 0 Å². The first-order chi connectivity index (χ1) is 13.2. The molecule has 0 saturated heterocycles. The lowest BCUT2D eigenvalue weighted by atomic mass is 10.1. The monoisotopic (exact) mass is 406 g/mol. The maximum atomic E-state index is 13.2. The highest BCUT2D eigenvalue weighted by Gasteiger charge is 2.20. The summed E-state index contributed by atoms with van der Waals surface area (Å²) in [6.07, 6.45) is -1.03. The van der Waals surface area contributed by atoms with Crippen LogP contribution in [0.15, 0.2) is 65.6 Å². The van der Waals surface area contributed by atoms with Gasteiger partial charge in [0, 0.05) is 6.07 Å². The molecule has 3 aromatic rings. The van der Waals surface area contributed by atoms with Gasteiger partial charge in [-0.05, 0) is 42.0 Å². The van der Waals surface area contributed by atoms with Gasteiger partial charge < -0.3 is 4.74 Å². The number of ether oxygens (including phenoxy) is 1. The van der Waals surface area contributed by atoms with E-state index in [1.54, 1.807) is 17.0 Å². The maximum absolute atomic E-state index is 13.2. The molecule has 0 aliphatic rings. The summed E-state index contributed by atoms with van der Waals surface area (Å²) in [4.78, 5) is 13.2. The van der Waals surface area contributed by atoms with Crippen molar-refractivity contribution in [1.82, 2.24) is 10.3 Å². The third kappa shape index (κ3) is 4.62. The number of hydrogen-bond donors (Lipinski definition) is 2. The summed E-state index contributed by atoms with van der Waals surface area (Å²) < 4.78 is 56.1. The van der Waals surface area contributed by atoms with Crippen molar-refractivity contribution in [1.29, 1.82) is 0 Å². The number of carbonyl (C=O) groups excluding carboxylic acids is 1. The van der Waals surface area contributed by atoms with Gasteiger partial charge in [0.05, 0.1) is 4.90 Å². The van der Waals surface area contributed by atoms with Crippen LogP contribution in [0.2, 0.25) is 0 Å². The Hall–Kier alpha value is -3.04. The lowest BCUT2D eigenvalue weighted by molar-refractivity contribution is -0.127. The van der Waals surface area contributed by atoms with E-state index in [0.717, 1.165) is 10.8 Å². The van der Waals surface area contributed by atoms with E-state index in [1.807, 2.05) is 35.8 Å². The number of hydrazine groups is 1. The van der Waals surface area contributed by atoms with Crippen LogP contribution >= 0.6 is 0 Å². The molecule has 1 amide bonds. The first-order valence-electron chi connectivity index (χ1n) is 8.18. The summed E-state index contributed by atoms with van der Waals surface area (Å²) in [6, 6.07) is 14.7. The maximum Gasteiger partial charge on any atom is 0.275 e. The average Bonchev–Trinajstić information content (AvgIpc) is 2.65. The second-order valence-corrected chi connectivity index (χ2v) is 7.65. The highest BCUT2D eigenvalue weighted by molar-refractivity contribution is 7.89. The number of rotatable bonds is 6. The average molecular weight is 406 g/mol. The van der Waals surface area contributed by atoms with E-state index in [1.165, 1.54) is 6.92 Å². The van der Waals surface area contributed by atoms with E-state index in [9.17, 15) is 22.0 Å². The van der Waals surface area contributed by atoms with Crippen LogP contribution in [0, 0.1) is 11.6 Å². The summed E-state index contributed by atoms with van der Waals surface area (Å²) in [6.45, 7) is 1.43. The Kier molecular flexibility index (Phi) is 5.57. The second-order valence-electron chi connectivity index (χ2n) is 5.97. The van der Waals surface area contributed by atoms with E-state index < -0.39 is 38.6 Å². The van der Waals surface area contributed by atoms with Gasteiger partial charge in [0.15, 0.2) is 6.10 Å². The third-order valence-corrected chi connectivity index (χ3v) is 5.09. The standard InChI is InChI=1S/C19H16F2N2O4S/c1-12(27-17-7-6-13-4-2-3-5-14(13)8-17)19(24)22-23-28(25,26)18-10-15(20)9-16(21)11-18/h2-12,23H,1H3,(H,22,24)/t12-/m1/s1. The van der Waals surface area contributed by atoms with Crippen molar-refractivity contribution in [3.8, 4) is 5.75 Å². The fourth-order valence-electron chi connectivity index (χ4n) is 2.46.